The van der Waals surface area contributed by atoms with Crippen LogP contribution in [-0.2, 0) is 4.74 Å². The summed E-state index contributed by atoms with van der Waals surface area (Å²) in [5.41, 5.74) is 1.03. The molecule has 0 aromatic carbocycles. The molecular weight excluding hydrogens is 304 g/mol. The normalized spacial score (nSPS) is 13.9. The first-order valence-corrected chi connectivity index (χ1v) is 7.95. The van der Waals surface area contributed by atoms with Gasteiger partial charge in [-0.15, -0.1) is 11.3 Å². The van der Waals surface area contributed by atoms with Crippen molar-refractivity contribution >= 4 is 28.2 Å². The number of rotatable bonds is 5. The third kappa shape index (κ3) is 3.04. The van der Waals surface area contributed by atoms with Gasteiger partial charge in [0, 0.05) is 12.0 Å². The summed E-state index contributed by atoms with van der Waals surface area (Å²) >= 11 is 1.19. The van der Waals surface area contributed by atoms with Gasteiger partial charge in [0.15, 0.2) is 5.69 Å². The molecule has 3 rings (SSSR count). The van der Waals surface area contributed by atoms with E-state index in [1.165, 1.54) is 11.3 Å². The van der Waals surface area contributed by atoms with Crippen LogP contribution in [0, 0.1) is 6.92 Å². The van der Waals surface area contributed by atoms with Crippen LogP contribution in [0.15, 0.2) is 16.7 Å². The first-order valence-electron chi connectivity index (χ1n) is 7.14. The number of esters is 1. The Labute approximate surface area is 131 Å². The largest absolute Gasteiger partial charge is 0.462 e. The highest BCUT2D eigenvalue weighted by Crippen LogP contribution is 2.40. The molecule has 0 unspecified atom stereocenters. The summed E-state index contributed by atoms with van der Waals surface area (Å²) in [6.45, 7) is 3.88. The molecular formula is C15H16N2O4S. The molecule has 6 nitrogen and oxygen atoms in total. The number of nitrogens with zero attached hydrogens (tertiary/aromatic N) is 1. The van der Waals surface area contributed by atoms with Gasteiger partial charge in [-0.3, -0.25) is 4.79 Å². The lowest BCUT2D eigenvalue weighted by Crippen LogP contribution is -2.11. The minimum atomic E-state index is -0.372. The average Bonchev–Trinajstić information content (AvgIpc) is 3.09. The van der Waals surface area contributed by atoms with E-state index in [1.54, 1.807) is 26.0 Å². The molecule has 0 aliphatic heterocycles. The van der Waals surface area contributed by atoms with Crippen LogP contribution in [-0.4, -0.2) is 23.6 Å². The minimum Gasteiger partial charge on any atom is -0.462 e. The number of aromatic nitrogens is 1. The van der Waals surface area contributed by atoms with Crippen LogP contribution in [0.1, 0.15) is 57.2 Å². The molecule has 1 aliphatic rings. The van der Waals surface area contributed by atoms with Crippen LogP contribution in [0.25, 0.3) is 0 Å². The highest BCUT2D eigenvalue weighted by Gasteiger charge is 2.29. The van der Waals surface area contributed by atoms with Crippen LogP contribution in [0.5, 0.6) is 0 Å². The van der Waals surface area contributed by atoms with Crippen LogP contribution in [0.3, 0.4) is 0 Å². The monoisotopic (exact) mass is 320 g/mol. The van der Waals surface area contributed by atoms with E-state index in [4.69, 9.17) is 9.26 Å². The Bertz CT molecular complexity index is 715. The van der Waals surface area contributed by atoms with Crippen molar-refractivity contribution in [2.75, 3.05) is 11.9 Å². The van der Waals surface area contributed by atoms with Gasteiger partial charge >= 0.3 is 5.97 Å². The van der Waals surface area contributed by atoms with Gasteiger partial charge in [0.2, 0.25) is 0 Å². The molecule has 1 fully saturated rings. The Kier molecular flexibility index (Phi) is 3.98. The molecule has 2 heterocycles. The first kappa shape index (κ1) is 14.8. The number of nitrogens with one attached hydrogen (secondary N) is 1. The molecule has 0 spiro atoms. The number of anilines is 1. The van der Waals surface area contributed by atoms with Gasteiger partial charge < -0.3 is 14.6 Å². The molecule has 2 aromatic rings. The highest BCUT2D eigenvalue weighted by molar-refractivity contribution is 7.18. The second kappa shape index (κ2) is 5.92. The van der Waals surface area contributed by atoms with Crippen molar-refractivity contribution in [3.8, 4) is 0 Å². The molecule has 1 aliphatic carbocycles. The number of ether oxygens (including phenoxy) is 1. The Morgan fingerprint density at radius 1 is 1.45 bits per heavy atom. The lowest BCUT2D eigenvalue weighted by atomic mass is 10.2. The fourth-order valence-electron chi connectivity index (χ4n) is 2.08. The van der Waals surface area contributed by atoms with Crippen molar-refractivity contribution in [3.05, 3.63) is 34.0 Å². The maximum absolute atomic E-state index is 12.1. The molecule has 1 N–H and O–H groups in total. The third-order valence-electron chi connectivity index (χ3n) is 3.36. The summed E-state index contributed by atoms with van der Waals surface area (Å²) in [6.07, 6.45) is 2.17. The van der Waals surface area contributed by atoms with Crippen molar-refractivity contribution < 1.29 is 18.8 Å². The van der Waals surface area contributed by atoms with Crippen LogP contribution in [0.4, 0.5) is 5.00 Å². The summed E-state index contributed by atoms with van der Waals surface area (Å²) in [7, 11) is 0. The van der Waals surface area contributed by atoms with Gasteiger partial charge in [-0.1, -0.05) is 5.16 Å². The van der Waals surface area contributed by atoms with E-state index in [2.05, 4.69) is 10.5 Å². The zero-order valence-electron chi connectivity index (χ0n) is 12.3. The zero-order valence-corrected chi connectivity index (χ0v) is 13.2. The Morgan fingerprint density at radius 2 is 2.23 bits per heavy atom. The summed E-state index contributed by atoms with van der Waals surface area (Å²) < 4.78 is 10.1. The number of thiophene rings is 1. The summed E-state index contributed by atoms with van der Waals surface area (Å²) in [5.74, 6) is 0.462. The zero-order chi connectivity index (χ0) is 15.7. The Hall–Kier alpha value is -2.15. The number of carbonyl (C=O) groups is 2. The number of hydrogen-bond donors (Lipinski definition) is 1. The second-order valence-corrected chi connectivity index (χ2v) is 6.24. The predicted octanol–water partition coefficient (Wildman–Crippen LogP) is 3.35. The van der Waals surface area contributed by atoms with Crippen molar-refractivity contribution in [2.24, 2.45) is 0 Å². The fourth-order valence-corrected chi connectivity index (χ4v) is 3.04. The molecule has 0 atom stereocenters. The van der Waals surface area contributed by atoms with E-state index in [0.717, 1.165) is 24.2 Å². The molecule has 1 amide bonds. The standard InChI is InChI=1S/C15H16N2O4S/c1-3-20-15(19)13-8(2)6-12(22-13)16-14(18)10-7-11(21-17-10)9-4-5-9/h6-7,9H,3-5H2,1-2H3,(H,16,18). The second-order valence-electron chi connectivity index (χ2n) is 5.19. The Morgan fingerprint density at radius 3 is 2.91 bits per heavy atom. The molecule has 0 bridgehead atoms. The third-order valence-corrected chi connectivity index (χ3v) is 4.49. The Balaban J connectivity index is 1.70. The van der Waals surface area contributed by atoms with Crippen molar-refractivity contribution in [1.82, 2.24) is 5.16 Å². The SMILES string of the molecule is CCOC(=O)c1sc(NC(=O)c2cc(C3CC3)on2)cc1C. The molecule has 7 heteroatoms. The lowest BCUT2D eigenvalue weighted by molar-refractivity contribution is 0.0531. The average molecular weight is 320 g/mol. The number of amides is 1. The summed E-state index contributed by atoms with van der Waals surface area (Å²) in [4.78, 5) is 24.4. The van der Waals surface area contributed by atoms with Crippen LogP contribution >= 0.6 is 11.3 Å². The molecule has 2 aromatic heterocycles. The topological polar surface area (TPSA) is 81.4 Å². The minimum absolute atomic E-state index is 0.255. The van der Waals surface area contributed by atoms with Crippen molar-refractivity contribution in [3.63, 3.8) is 0 Å². The highest BCUT2D eigenvalue weighted by atomic mass is 32.1. The number of carbonyl (C=O) groups excluding carboxylic acids is 2. The first-order chi connectivity index (χ1) is 10.6. The molecule has 1 saturated carbocycles. The van der Waals surface area contributed by atoms with Crippen molar-refractivity contribution in [1.29, 1.82) is 0 Å². The van der Waals surface area contributed by atoms with Crippen molar-refractivity contribution in [2.45, 2.75) is 32.6 Å². The van der Waals surface area contributed by atoms with Crippen LogP contribution in [0.2, 0.25) is 0 Å². The maximum atomic E-state index is 12.1. The van der Waals surface area contributed by atoms with Gasteiger partial charge in [0.25, 0.3) is 5.91 Å². The van der Waals surface area contributed by atoms with Crippen LogP contribution < -0.4 is 5.32 Å². The summed E-state index contributed by atoms with van der Waals surface area (Å²) in [6, 6.07) is 3.43. The van der Waals surface area contributed by atoms with E-state index in [1.807, 2.05) is 0 Å². The van der Waals surface area contributed by atoms with E-state index >= 15 is 0 Å². The van der Waals surface area contributed by atoms with Gasteiger partial charge in [-0.2, -0.15) is 0 Å². The molecule has 0 saturated heterocycles. The maximum Gasteiger partial charge on any atom is 0.348 e. The number of hydrogen-bond acceptors (Lipinski definition) is 6. The van der Waals surface area contributed by atoms with Gasteiger partial charge in [0.1, 0.15) is 10.6 Å². The van der Waals surface area contributed by atoms with E-state index in [0.29, 0.717) is 22.4 Å². The fraction of sp³-hybridized carbons (Fsp3) is 0.400. The number of aryl methyl sites for hydroxylation is 1. The molecule has 22 heavy (non-hydrogen) atoms. The summed E-state index contributed by atoms with van der Waals surface area (Å²) in [5, 5.41) is 7.12. The van der Waals surface area contributed by atoms with Gasteiger partial charge in [0.05, 0.1) is 11.6 Å². The molecule has 116 valence electrons. The van der Waals surface area contributed by atoms with E-state index < -0.39 is 0 Å². The predicted molar refractivity (Wildman–Crippen MR) is 81.4 cm³/mol. The van der Waals surface area contributed by atoms with E-state index in [-0.39, 0.29) is 17.6 Å². The van der Waals surface area contributed by atoms with Gasteiger partial charge in [-0.25, -0.2) is 4.79 Å². The lowest BCUT2D eigenvalue weighted by Gasteiger charge is -1.99. The quantitative estimate of drug-likeness (QED) is 0.854. The van der Waals surface area contributed by atoms with E-state index in [9.17, 15) is 9.59 Å². The smallest absolute Gasteiger partial charge is 0.348 e. The molecule has 0 radical (unpaired) electrons. The van der Waals surface area contributed by atoms with Gasteiger partial charge in [-0.05, 0) is 38.3 Å².